The van der Waals surface area contributed by atoms with Crippen LogP contribution in [-0.2, 0) is 0 Å². The Balaban J connectivity index is 2.91. The van der Waals surface area contributed by atoms with Gasteiger partial charge in [0.05, 0.1) is 5.69 Å². The average Bonchev–Trinajstić information content (AvgIpc) is 2.05. The van der Waals surface area contributed by atoms with Crippen LogP contribution < -0.4 is 10.1 Å². The number of amides is 1. The number of carbonyl (C=O) groups is 1. The molecule has 1 amide bonds. The minimum Gasteiger partial charge on any atom is -0.404 e. The number of alkyl halides is 3. The SMILES string of the molecule is O=C(F)Nc1ccccc1OC(F)(F)F. The summed E-state index contributed by atoms with van der Waals surface area (Å²) in [5, 5.41) is 1.57. The fraction of sp³-hybridized carbons (Fsp3) is 0.125. The van der Waals surface area contributed by atoms with Crippen LogP contribution in [-0.4, -0.2) is 12.5 Å². The zero-order chi connectivity index (χ0) is 11.5. The van der Waals surface area contributed by atoms with Crippen molar-refractivity contribution in [1.82, 2.24) is 0 Å². The van der Waals surface area contributed by atoms with Crippen LogP contribution in [0.5, 0.6) is 5.75 Å². The van der Waals surface area contributed by atoms with E-state index < -0.39 is 18.3 Å². The van der Waals surface area contributed by atoms with E-state index >= 15 is 0 Å². The Labute approximate surface area is 81.6 Å². The molecule has 0 fully saturated rings. The van der Waals surface area contributed by atoms with Crippen molar-refractivity contribution in [2.75, 3.05) is 5.32 Å². The molecule has 1 aromatic rings. The van der Waals surface area contributed by atoms with Crippen molar-refractivity contribution >= 4 is 11.8 Å². The summed E-state index contributed by atoms with van der Waals surface area (Å²) in [5.74, 6) is -0.670. The summed E-state index contributed by atoms with van der Waals surface area (Å²) in [6.07, 6.45) is -6.86. The van der Waals surface area contributed by atoms with E-state index in [1.165, 1.54) is 12.1 Å². The quantitative estimate of drug-likeness (QED) is 0.475. The van der Waals surface area contributed by atoms with Crippen molar-refractivity contribution in [1.29, 1.82) is 0 Å². The van der Waals surface area contributed by atoms with Gasteiger partial charge in [0.1, 0.15) is 0 Å². The molecule has 1 aromatic carbocycles. The Kier molecular flexibility index (Phi) is 3.13. The first-order valence-electron chi connectivity index (χ1n) is 3.70. The second kappa shape index (κ2) is 4.16. The molecule has 82 valence electrons. The van der Waals surface area contributed by atoms with Crippen molar-refractivity contribution in [2.45, 2.75) is 6.36 Å². The molecular weight excluding hydrogens is 218 g/mol. The van der Waals surface area contributed by atoms with Crippen LogP contribution >= 0.6 is 0 Å². The first-order chi connectivity index (χ1) is 6.88. The number of nitrogens with one attached hydrogen (secondary N) is 1. The highest BCUT2D eigenvalue weighted by Gasteiger charge is 2.32. The van der Waals surface area contributed by atoms with E-state index in [9.17, 15) is 22.4 Å². The van der Waals surface area contributed by atoms with Crippen LogP contribution in [0.1, 0.15) is 0 Å². The maximum Gasteiger partial charge on any atom is 0.573 e. The number of anilines is 1. The fourth-order valence-corrected chi connectivity index (χ4v) is 0.889. The van der Waals surface area contributed by atoms with Crippen LogP contribution in [0.25, 0.3) is 0 Å². The van der Waals surface area contributed by atoms with Gasteiger partial charge in [0.25, 0.3) is 0 Å². The van der Waals surface area contributed by atoms with E-state index in [-0.39, 0.29) is 5.69 Å². The Morgan fingerprint density at radius 1 is 1.27 bits per heavy atom. The number of benzene rings is 1. The van der Waals surface area contributed by atoms with Crippen LogP contribution in [0.4, 0.5) is 28.0 Å². The maximum atomic E-state index is 11.9. The molecule has 0 aromatic heterocycles. The lowest BCUT2D eigenvalue weighted by Crippen LogP contribution is -2.18. The topological polar surface area (TPSA) is 38.3 Å². The third-order valence-electron chi connectivity index (χ3n) is 1.35. The highest BCUT2D eigenvalue weighted by Crippen LogP contribution is 2.29. The second-order valence-electron chi connectivity index (χ2n) is 2.44. The molecule has 7 heteroatoms. The van der Waals surface area contributed by atoms with Gasteiger partial charge in [-0.05, 0) is 12.1 Å². The Morgan fingerprint density at radius 3 is 2.40 bits per heavy atom. The molecule has 15 heavy (non-hydrogen) atoms. The number of hydrogen-bond acceptors (Lipinski definition) is 2. The van der Waals surface area contributed by atoms with Gasteiger partial charge in [0, 0.05) is 0 Å². The standard InChI is InChI=1S/C8H5F4NO2/c9-7(14)13-5-3-1-2-4-6(5)15-8(10,11)12/h1-4H,(H,13,14). The molecular formula is C8H5F4NO2. The van der Waals surface area contributed by atoms with Gasteiger partial charge in [-0.3, -0.25) is 5.32 Å². The van der Waals surface area contributed by atoms with Crippen LogP contribution in [0.3, 0.4) is 0 Å². The van der Waals surface area contributed by atoms with Crippen LogP contribution in [0.2, 0.25) is 0 Å². The van der Waals surface area contributed by atoms with Crippen LogP contribution in [0, 0.1) is 0 Å². The lowest BCUT2D eigenvalue weighted by atomic mass is 10.3. The van der Waals surface area contributed by atoms with Gasteiger partial charge >= 0.3 is 12.5 Å². The number of rotatable bonds is 2. The van der Waals surface area contributed by atoms with Gasteiger partial charge < -0.3 is 4.74 Å². The van der Waals surface area contributed by atoms with E-state index in [0.717, 1.165) is 12.1 Å². The molecule has 0 unspecified atom stereocenters. The number of para-hydroxylation sites is 2. The van der Waals surface area contributed by atoms with E-state index in [1.807, 2.05) is 0 Å². The summed E-state index contributed by atoms with van der Waals surface area (Å²) in [6.45, 7) is 0. The smallest absolute Gasteiger partial charge is 0.404 e. The minimum atomic E-state index is -4.89. The number of halogens is 4. The molecule has 0 saturated heterocycles. The molecule has 0 aliphatic carbocycles. The first-order valence-corrected chi connectivity index (χ1v) is 3.70. The molecule has 3 nitrogen and oxygen atoms in total. The summed E-state index contributed by atoms with van der Waals surface area (Å²) < 4.78 is 51.0. The average molecular weight is 223 g/mol. The third-order valence-corrected chi connectivity index (χ3v) is 1.35. The van der Waals surface area contributed by atoms with Crippen molar-refractivity contribution < 1.29 is 27.1 Å². The summed E-state index contributed by atoms with van der Waals surface area (Å²) >= 11 is 0. The van der Waals surface area contributed by atoms with Crippen LogP contribution in [0.15, 0.2) is 24.3 Å². The van der Waals surface area contributed by atoms with Crippen molar-refractivity contribution in [2.24, 2.45) is 0 Å². The Morgan fingerprint density at radius 2 is 1.87 bits per heavy atom. The largest absolute Gasteiger partial charge is 0.573 e. The molecule has 0 bridgehead atoms. The normalized spacial score (nSPS) is 10.9. The highest BCUT2D eigenvalue weighted by atomic mass is 19.4. The molecule has 0 aliphatic rings. The van der Waals surface area contributed by atoms with E-state index in [2.05, 4.69) is 4.74 Å². The van der Waals surface area contributed by atoms with Gasteiger partial charge in [-0.2, -0.15) is 0 Å². The molecule has 1 rings (SSSR count). The summed E-state index contributed by atoms with van der Waals surface area (Å²) in [6, 6.07) is 4.63. The van der Waals surface area contributed by atoms with Crippen molar-refractivity contribution in [3.63, 3.8) is 0 Å². The molecule has 0 radical (unpaired) electrons. The number of carbonyl (C=O) groups excluding carboxylic acids is 1. The summed E-state index contributed by atoms with van der Waals surface area (Å²) in [7, 11) is 0. The first kappa shape index (κ1) is 11.3. The predicted molar refractivity (Wildman–Crippen MR) is 43.3 cm³/mol. The van der Waals surface area contributed by atoms with Gasteiger partial charge in [0.2, 0.25) is 0 Å². The third kappa shape index (κ3) is 3.84. The molecule has 1 N–H and O–H groups in total. The van der Waals surface area contributed by atoms with Crippen molar-refractivity contribution in [3.05, 3.63) is 24.3 Å². The Bertz CT molecular complexity index is 364. The summed E-state index contributed by atoms with van der Waals surface area (Å²) in [5.41, 5.74) is -0.387. The predicted octanol–water partition coefficient (Wildman–Crippen LogP) is 3.09. The number of ether oxygens (including phenoxy) is 1. The highest BCUT2D eigenvalue weighted by molar-refractivity contribution is 5.85. The molecule has 0 spiro atoms. The zero-order valence-electron chi connectivity index (χ0n) is 7.14. The van der Waals surface area contributed by atoms with E-state index in [0.29, 0.717) is 0 Å². The maximum absolute atomic E-state index is 11.9. The number of hydrogen-bond donors (Lipinski definition) is 1. The molecule has 0 saturated carbocycles. The lowest BCUT2D eigenvalue weighted by Gasteiger charge is -2.12. The van der Waals surface area contributed by atoms with Gasteiger partial charge in [-0.15, -0.1) is 17.6 Å². The Hall–Kier alpha value is -1.79. The van der Waals surface area contributed by atoms with Gasteiger partial charge in [-0.25, -0.2) is 4.79 Å². The molecule has 0 atom stereocenters. The minimum absolute atomic E-state index is 0.387. The van der Waals surface area contributed by atoms with Crippen molar-refractivity contribution in [3.8, 4) is 5.75 Å². The van der Waals surface area contributed by atoms with E-state index in [1.54, 1.807) is 5.32 Å². The monoisotopic (exact) mass is 223 g/mol. The van der Waals surface area contributed by atoms with Gasteiger partial charge in [0.15, 0.2) is 5.75 Å². The van der Waals surface area contributed by atoms with E-state index in [4.69, 9.17) is 0 Å². The lowest BCUT2D eigenvalue weighted by molar-refractivity contribution is -0.274. The fourth-order valence-electron chi connectivity index (χ4n) is 0.889. The molecule has 0 heterocycles. The molecule has 0 aliphatic heterocycles. The zero-order valence-corrected chi connectivity index (χ0v) is 7.14. The second-order valence-corrected chi connectivity index (χ2v) is 2.44. The summed E-state index contributed by atoms with van der Waals surface area (Å²) in [4.78, 5) is 10.0. The van der Waals surface area contributed by atoms with Gasteiger partial charge in [-0.1, -0.05) is 12.1 Å².